The second kappa shape index (κ2) is 34.6. The summed E-state index contributed by atoms with van der Waals surface area (Å²) >= 11 is 0. The number of aromatic nitrogens is 5. The summed E-state index contributed by atoms with van der Waals surface area (Å²) in [6, 6.07) is 21.6. The van der Waals surface area contributed by atoms with Gasteiger partial charge in [0.15, 0.2) is 11.6 Å². The van der Waals surface area contributed by atoms with Crippen molar-refractivity contribution in [3.8, 4) is 28.8 Å². The Hall–Kier alpha value is -3.67. The van der Waals surface area contributed by atoms with Gasteiger partial charge in [-0.3, -0.25) is 0 Å². The van der Waals surface area contributed by atoms with Crippen LogP contribution in [0.1, 0.15) is 252 Å². The van der Waals surface area contributed by atoms with Gasteiger partial charge < -0.3 is 13.9 Å². The first kappa shape index (κ1) is 54.3. The van der Waals surface area contributed by atoms with Crippen LogP contribution in [0.3, 0.4) is 0 Å². The van der Waals surface area contributed by atoms with Gasteiger partial charge in [-0.2, -0.15) is 0 Å². The van der Waals surface area contributed by atoms with Crippen LogP contribution in [0.4, 0.5) is 0 Å². The van der Waals surface area contributed by atoms with Crippen molar-refractivity contribution in [1.29, 1.82) is 0 Å². The third-order valence-corrected chi connectivity index (χ3v) is 14.3. The molecule has 0 saturated heterocycles. The molecule has 0 aliphatic carbocycles. The van der Waals surface area contributed by atoms with Crippen molar-refractivity contribution in [3.05, 3.63) is 60.7 Å². The van der Waals surface area contributed by atoms with Crippen molar-refractivity contribution in [3.63, 3.8) is 0 Å². The molecule has 3 heterocycles. The second-order valence-corrected chi connectivity index (χ2v) is 20.2. The zero-order valence-electron chi connectivity index (χ0n) is 43.5. The number of hydrogen-bond donors (Lipinski definition) is 0. The van der Waals surface area contributed by atoms with Crippen molar-refractivity contribution >= 4 is 22.1 Å². The Kier molecular flexibility index (Phi) is 28.0. The number of nitrogens with zero attached hydrogens (tertiary/aromatic N) is 5. The van der Waals surface area contributed by atoms with Crippen LogP contribution < -0.4 is 4.74 Å². The number of ether oxygens (including phenoxy) is 1. The van der Waals surface area contributed by atoms with Crippen LogP contribution in [0.15, 0.2) is 60.7 Å². The maximum absolute atomic E-state index is 6.69. The number of benzene rings is 2. The number of imidazole rings is 2. The molecule has 2 aromatic carbocycles. The summed E-state index contributed by atoms with van der Waals surface area (Å²) in [7, 11) is 0. The molecule has 6 heteroatoms. The lowest BCUT2D eigenvalue weighted by atomic mass is 10.1. The maximum Gasteiger partial charge on any atom is 0.159 e. The van der Waals surface area contributed by atoms with E-state index in [1.54, 1.807) is 0 Å². The number of para-hydroxylation sites is 4. The molecule has 5 rings (SSSR count). The Labute approximate surface area is 410 Å². The van der Waals surface area contributed by atoms with Crippen LogP contribution in [0.25, 0.3) is 45.1 Å². The fourth-order valence-electron chi connectivity index (χ4n) is 10.2. The largest absolute Gasteiger partial charge is 0.493 e. The van der Waals surface area contributed by atoms with Gasteiger partial charge >= 0.3 is 0 Å². The average Bonchev–Trinajstić information content (AvgIpc) is 3.92. The van der Waals surface area contributed by atoms with Crippen molar-refractivity contribution in [2.45, 2.75) is 265 Å². The maximum atomic E-state index is 6.69. The Bertz CT molecular complexity index is 1870. The molecule has 0 radical (unpaired) electrons. The highest BCUT2D eigenvalue weighted by Gasteiger charge is 2.20. The fourth-order valence-corrected chi connectivity index (χ4v) is 10.2. The smallest absolute Gasteiger partial charge is 0.159 e. The Morgan fingerprint density at radius 3 is 0.985 bits per heavy atom. The summed E-state index contributed by atoms with van der Waals surface area (Å²) in [5, 5.41) is 0. The number of unbranched alkanes of at least 4 members (excludes halogenated alkanes) is 33. The summed E-state index contributed by atoms with van der Waals surface area (Å²) in [6.45, 7) is 9.49. The number of hydrogen-bond acceptors (Lipinski definition) is 4. The molecule has 6 nitrogen and oxygen atoms in total. The van der Waals surface area contributed by atoms with Crippen molar-refractivity contribution in [2.24, 2.45) is 0 Å². The monoisotopic (exact) mass is 916 g/mol. The summed E-state index contributed by atoms with van der Waals surface area (Å²) in [4.78, 5) is 16.1. The molecule has 0 amide bonds. The average molecular weight is 916 g/mol. The molecule has 0 bridgehead atoms. The van der Waals surface area contributed by atoms with Gasteiger partial charge in [0.25, 0.3) is 0 Å². The third-order valence-electron chi connectivity index (χ3n) is 14.3. The van der Waals surface area contributed by atoms with Crippen LogP contribution >= 0.6 is 0 Å². The van der Waals surface area contributed by atoms with E-state index < -0.39 is 0 Å². The molecule has 3 aromatic heterocycles. The minimum atomic E-state index is 0.713. The zero-order chi connectivity index (χ0) is 46.8. The summed E-state index contributed by atoms with van der Waals surface area (Å²) in [6.07, 6.45) is 48.4. The molecule has 0 fully saturated rings. The van der Waals surface area contributed by atoms with E-state index in [9.17, 15) is 0 Å². The third kappa shape index (κ3) is 20.4. The van der Waals surface area contributed by atoms with E-state index in [4.69, 9.17) is 19.7 Å². The molecule has 0 aliphatic heterocycles. The van der Waals surface area contributed by atoms with Crippen LogP contribution in [0.2, 0.25) is 0 Å². The zero-order valence-corrected chi connectivity index (χ0v) is 43.5. The van der Waals surface area contributed by atoms with Gasteiger partial charge in [0.2, 0.25) is 0 Å². The highest BCUT2D eigenvalue weighted by molar-refractivity contribution is 5.82. The van der Waals surface area contributed by atoms with E-state index in [0.717, 1.165) is 72.2 Å². The molecule has 372 valence electrons. The highest BCUT2D eigenvalue weighted by Crippen LogP contribution is 2.33. The first-order valence-electron chi connectivity index (χ1n) is 28.8. The van der Waals surface area contributed by atoms with Crippen LogP contribution in [0, 0.1) is 0 Å². The summed E-state index contributed by atoms with van der Waals surface area (Å²) in [5.41, 5.74) is 6.18. The van der Waals surface area contributed by atoms with Crippen molar-refractivity contribution in [1.82, 2.24) is 24.1 Å². The number of aryl methyl sites for hydroxylation is 2. The molecule has 0 aliphatic rings. The quantitative estimate of drug-likeness (QED) is 0.0366. The first-order valence-corrected chi connectivity index (χ1v) is 28.8. The van der Waals surface area contributed by atoms with Gasteiger partial charge in [-0.25, -0.2) is 15.0 Å². The molecule has 5 aromatic rings. The summed E-state index contributed by atoms with van der Waals surface area (Å²) in [5.74, 6) is 2.74. The van der Waals surface area contributed by atoms with Crippen LogP contribution in [-0.4, -0.2) is 30.7 Å². The van der Waals surface area contributed by atoms with Gasteiger partial charge in [-0.15, -0.1) is 0 Å². The van der Waals surface area contributed by atoms with E-state index in [1.807, 2.05) is 0 Å². The lowest BCUT2D eigenvalue weighted by Gasteiger charge is -2.14. The van der Waals surface area contributed by atoms with Crippen molar-refractivity contribution < 1.29 is 4.74 Å². The predicted molar refractivity (Wildman–Crippen MR) is 290 cm³/mol. The number of rotatable bonds is 42. The van der Waals surface area contributed by atoms with E-state index in [-0.39, 0.29) is 0 Å². The highest BCUT2D eigenvalue weighted by atomic mass is 16.5. The standard InChI is InChI=1S/C61H97N5O/c1-4-7-10-13-16-19-22-25-28-31-34-41-48-65-58-46-39-37-44-54(58)63-60(65)56-51-53(67-50-43-36-33-30-27-24-21-18-15-12-9-6-3)52-57(62-56)61-64-55-45-38-40-47-59(55)66(61)49-42-35-32-29-26-23-20-17-14-11-8-5-2/h37-40,44-47,51-52H,4-36,41-43,48-50H2,1-3H3. The molecule has 0 saturated carbocycles. The molecular formula is C61H97N5O. The van der Waals surface area contributed by atoms with Gasteiger partial charge in [-0.05, 0) is 43.5 Å². The lowest BCUT2D eigenvalue weighted by Crippen LogP contribution is -2.06. The lowest BCUT2D eigenvalue weighted by molar-refractivity contribution is 0.304. The summed E-state index contributed by atoms with van der Waals surface area (Å²) < 4.78 is 11.6. The van der Waals surface area contributed by atoms with Crippen molar-refractivity contribution in [2.75, 3.05) is 6.61 Å². The second-order valence-electron chi connectivity index (χ2n) is 20.2. The Balaban J connectivity index is 1.26. The van der Waals surface area contributed by atoms with E-state index in [1.165, 1.54) is 223 Å². The van der Waals surface area contributed by atoms with Gasteiger partial charge in [0.1, 0.15) is 17.1 Å². The van der Waals surface area contributed by atoms with Gasteiger partial charge in [0, 0.05) is 25.2 Å². The van der Waals surface area contributed by atoms with Gasteiger partial charge in [-0.1, -0.05) is 257 Å². The Morgan fingerprint density at radius 2 is 0.642 bits per heavy atom. The molecule has 67 heavy (non-hydrogen) atoms. The minimum Gasteiger partial charge on any atom is -0.493 e. The molecule has 0 N–H and O–H groups in total. The number of fused-ring (bicyclic) bond motifs is 2. The van der Waals surface area contributed by atoms with E-state index >= 15 is 0 Å². The van der Waals surface area contributed by atoms with Crippen LogP contribution in [0.5, 0.6) is 5.75 Å². The molecule has 0 spiro atoms. The number of pyridine rings is 1. The van der Waals surface area contributed by atoms with Gasteiger partial charge in [0.05, 0.1) is 28.7 Å². The fraction of sp³-hybridized carbons (Fsp3) is 0.689. The normalized spacial score (nSPS) is 11.7. The molecule has 0 unspecified atom stereocenters. The SMILES string of the molecule is CCCCCCCCCCCCCCOc1cc(-c2nc3ccccc3n2CCCCCCCCCCCCCC)nc(-c2nc3ccccc3n2CCCCCCCCCCCCCC)c1. The van der Waals surface area contributed by atoms with Crippen LogP contribution in [-0.2, 0) is 13.1 Å². The Morgan fingerprint density at radius 1 is 0.343 bits per heavy atom. The van der Waals surface area contributed by atoms with E-state index in [0.29, 0.717) is 6.61 Å². The molecular weight excluding hydrogens is 819 g/mol. The van der Waals surface area contributed by atoms with E-state index in [2.05, 4.69) is 90.6 Å². The minimum absolute atomic E-state index is 0.713. The first-order chi connectivity index (χ1) is 33.2. The predicted octanol–water partition coefficient (Wildman–Crippen LogP) is 19.6. The topological polar surface area (TPSA) is 57.8 Å². The molecule has 0 atom stereocenters.